The van der Waals surface area contributed by atoms with Gasteiger partial charge in [0.05, 0.1) is 17.2 Å². The van der Waals surface area contributed by atoms with E-state index in [2.05, 4.69) is 60.6 Å². The SMILES string of the molecule is CCCc1cncc(-c2ccc3[nH]nc(-c4nc5c(-c6cn(CCCCl)nn6)nccc5[nH]4)c3c2)c1. The molecule has 5 heterocycles. The molecule has 0 aliphatic rings. The lowest BCUT2D eigenvalue weighted by molar-refractivity contribution is 0.581. The van der Waals surface area contributed by atoms with Crippen LogP contribution >= 0.6 is 11.6 Å². The van der Waals surface area contributed by atoms with Gasteiger partial charge in [0, 0.05) is 42.0 Å². The van der Waals surface area contributed by atoms with Crippen molar-refractivity contribution in [1.82, 2.24) is 45.1 Å². The Balaban J connectivity index is 1.40. The van der Waals surface area contributed by atoms with Gasteiger partial charge in [-0.05, 0) is 48.2 Å². The number of hydrogen-bond acceptors (Lipinski definition) is 6. The molecule has 1 aromatic carbocycles. The molecule has 0 spiro atoms. The van der Waals surface area contributed by atoms with Gasteiger partial charge in [-0.25, -0.2) is 4.98 Å². The quantitative estimate of drug-likeness (QED) is 0.272. The van der Waals surface area contributed by atoms with Gasteiger partial charge < -0.3 is 4.98 Å². The summed E-state index contributed by atoms with van der Waals surface area (Å²) in [6, 6.07) is 10.4. The molecule has 0 amide bonds. The monoisotopic (exact) mass is 497 g/mol. The molecular weight excluding hydrogens is 474 g/mol. The predicted molar refractivity (Wildman–Crippen MR) is 141 cm³/mol. The Kier molecular flexibility index (Phi) is 5.90. The van der Waals surface area contributed by atoms with E-state index in [0.717, 1.165) is 58.0 Å². The predicted octanol–water partition coefficient (Wildman–Crippen LogP) is 5.40. The van der Waals surface area contributed by atoms with Crippen LogP contribution in [0.4, 0.5) is 0 Å². The molecule has 0 aliphatic carbocycles. The first-order valence-electron chi connectivity index (χ1n) is 12.0. The normalized spacial score (nSPS) is 11.6. The van der Waals surface area contributed by atoms with Gasteiger partial charge in [0.2, 0.25) is 0 Å². The Morgan fingerprint density at radius 1 is 1.03 bits per heavy atom. The number of H-pyrrole nitrogens is 2. The number of pyridine rings is 2. The first-order chi connectivity index (χ1) is 17.7. The lowest BCUT2D eigenvalue weighted by Crippen LogP contribution is -1.98. The summed E-state index contributed by atoms with van der Waals surface area (Å²) in [4.78, 5) is 17.3. The number of alkyl halides is 1. The number of benzene rings is 1. The van der Waals surface area contributed by atoms with Gasteiger partial charge in [0.1, 0.15) is 22.6 Å². The number of aryl methyl sites for hydroxylation is 2. The maximum absolute atomic E-state index is 5.81. The summed E-state index contributed by atoms with van der Waals surface area (Å²) in [5.41, 5.74) is 8.01. The van der Waals surface area contributed by atoms with Crippen LogP contribution in [0.3, 0.4) is 0 Å². The van der Waals surface area contributed by atoms with Gasteiger partial charge in [-0.1, -0.05) is 24.6 Å². The summed E-state index contributed by atoms with van der Waals surface area (Å²) < 4.78 is 1.78. The van der Waals surface area contributed by atoms with E-state index >= 15 is 0 Å². The van der Waals surface area contributed by atoms with Crippen LogP contribution in [-0.2, 0) is 13.0 Å². The van der Waals surface area contributed by atoms with Gasteiger partial charge >= 0.3 is 0 Å². The third kappa shape index (κ3) is 4.11. The molecule has 9 nitrogen and oxygen atoms in total. The maximum atomic E-state index is 5.81. The zero-order valence-corrected chi connectivity index (χ0v) is 20.5. The Morgan fingerprint density at radius 3 is 2.86 bits per heavy atom. The number of fused-ring (bicyclic) bond motifs is 2. The number of hydrogen-bond donors (Lipinski definition) is 2. The number of nitrogens with zero attached hydrogens (tertiary/aromatic N) is 7. The molecule has 36 heavy (non-hydrogen) atoms. The van der Waals surface area contributed by atoms with E-state index in [1.54, 1.807) is 10.9 Å². The zero-order valence-electron chi connectivity index (χ0n) is 19.7. The van der Waals surface area contributed by atoms with Gasteiger partial charge in [0.15, 0.2) is 5.82 Å². The molecule has 0 fully saturated rings. The minimum absolute atomic E-state index is 0.575. The Bertz CT molecular complexity index is 1660. The molecule has 0 bridgehead atoms. The minimum atomic E-state index is 0.575. The highest BCUT2D eigenvalue weighted by Gasteiger charge is 2.18. The zero-order chi connectivity index (χ0) is 24.5. The number of halogens is 1. The van der Waals surface area contributed by atoms with Gasteiger partial charge in [-0.15, -0.1) is 16.7 Å². The van der Waals surface area contributed by atoms with E-state index < -0.39 is 0 Å². The third-order valence-electron chi connectivity index (χ3n) is 6.16. The Hall–Kier alpha value is -4.11. The van der Waals surface area contributed by atoms with Crippen LogP contribution in [0, 0.1) is 0 Å². The van der Waals surface area contributed by atoms with Crippen molar-refractivity contribution < 1.29 is 0 Å². The van der Waals surface area contributed by atoms with Crippen molar-refractivity contribution in [3.63, 3.8) is 0 Å². The number of aromatic amines is 2. The van der Waals surface area contributed by atoms with Gasteiger partial charge in [-0.3, -0.25) is 19.7 Å². The summed E-state index contributed by atoms with van der Waals surface area (Å²) >= 11 is 5.81. The van der Waals surface area contributed by atoms with Crippen LogP contribution in [-0.4, -0.2) is 51.0 Å². The van der Waals surface area contributed by atoms with Crippen LogP contribution in [0.2, 0.25) is 0 Å². The largest absolute Gasteiger partial charge is 0.336 e. The second-order valence-electron chi connectivity index (χ2n) is 8.71. The maximum Gasteiger partial charge on any atom is 0.159 e. The first kappa shape index (κ1) is 22.4. The van der Waals surface area contributed by atoms with Crippen molar-refractivity contribution in [2.75, 3.05) is 5.88 Å². The summed E-state index contributed by atoms with van der Waals surface area (Å²) in [7, 11) is 0. The molecule has 0 saturated carbocycles. The molecule has 180 valence electrons. The molecule has 6 rings (SSSR count). The van der Waals surface area contributed by atoms with Crippen LogP contribution in [0.15, 0.2) is 55.1 Å². The molecule has 2 N–H and O–H groups in total. The first-order valence-corrected chi connectivity index (χ1v) is 12.5. The topological polar surface area (TPSA) is 114 Å². The molecule has 6 aromatic rings. The molecule has 0 unspecified atom stereocenters. The summed E-state index contributed by atoms with van der Waals surface area (Å²) in [5.74, 6) is 1.24. The van der Waals surface area contributed by atoms with Crippen molar-refractivity contribution in [1.29, 1.82) is 0 Å². The fraction of sp³-hybridized carbons (Fsp3) is 0.231. The summed E-state index contributed by atoms with van der Waals surface area (Å²) in [6.07, 6.45) is 10.4. The highest BCUT2D eigenvalue weighted by Crippen LogP contribution is 2.32. The van der Waals surface area contributed by atoms with Crippen LogP contribution in [0.1, 0.15) is 25.3 Å². The van der Waals surface area contributed by atoms with Crippen molar-refractivity contribution in [3.8, 4) is 34.0 Å². The number of rotatable bonds is 8. The second-order valence-corrected chi connectivity index (χ2v) is 9.09. The van der Waals surface area contributed by atoms with E-state index in [1.165, 1.54) is 5.56 Å². The molecule has 0 aliphatic heterocycles. The fourth-order valence-electron chi connectivity index (χ4n) is 4.42. The van der Waals surface area contributed by atoms with E-state index in [1.807, 2.05) is 30.7 Å². The van der Waals surface area contributed by atoms with Crippen molar-refractivity contribution in [2.45, 2.75) is 32.7 Å². The van der Waals surface area contributed by atoms with Crippen molar-refractivity contribution in [2.24, 2.45) is 0 Å². The minimum Gasteiger partial charge on any atom is -0.336 e. The average Bonchev–Trinajstić information content (AvgIpc) is 3.65. The molecule has 0 radical (unpaired) electrons. The van der Waals surface area contributed by atoms with Crippen LogP contribution in [0.25, 0.3) is 56.0 Å². The average molecular weight is 498 g/mol. The lowest BCUT2D eigenvalue weighted by atomic mass is 10.0. The van der Waals surface area contributed by atoms with Gasteiger partial charge in [-0.2, -0.15) is 5.10 Å². The highest BCUT2D eigenvalue weighted by molar-refractivity contribution is 6.17. The highest BCUT2D eigenvalue weighted by atomic mass is 35.5. The van der Waals surface area contributed by atoms with Crippen LogP contribution < -0.4 is 0 Å². The van der Waals surface area contributed by atoms with E-state index in [-0.39, 0.29) is 0 Å². The molecule has 0 atom stereocenters. The van der Waals surface area contributed by atoms with Crippen molar-refractivity contribution in [3.05, 3.63) is 60.7 Å². The molecular formula is C26H24ClN9. The number of imidazole rings is 1. The van der Waals surface area contributed by atoms with E-state index in [4.69, 9.17) is 16.6 Å². The van der Waals surface area contributed by atoms with E-state index in [0.29, 0.717) is 29.6 Å². The van der Waals surface area contributed by atoms with Crippen LogP contribution in [0.5, 0.6) is 0 Å². The van der Waals surface area contributed by atoms with E-state index in [9.17, 15) is 0 Å². The van der Waals surface area contributed by atoms with Gasteiger partial charge in [0.25, 0.3) is 0 Å². The second kappa shape index (κ2) is 9.50. The summed E-state index contributed by atoms with van der Waals surface area (Å²) in [5, 5.41) is 17.2. The number of nitrogens with one attached hydrogen (secondary N) is 2. The summed E-state index contributed by atoms with van der Waals surface area (Å²) in [6.45, 7) is 2.88. The Labute approximate surface area is 212 Å². The molecule has 10 heteroatoms. The molecule has 5 aromatic heterocycles. The third-order valence-corrected chi connectivity index (χ3v) is 6.42. The fourth-order valence-corrected chi connectivity index (χ4v) is 4.54. The lowest BCUT2D eigenvalue weighted by Gasteiger charge is -2.05. The standard InChI is InChI=1S/C26H24ClN9/c1-2-4-16-11-18(14-28-13-16)17-5-6-20-19(12-17)23(34-32-20)26-30-21-7-9-29-24(25(21)31-26)22-15-36(35-33-22)10-3-8-27/h5-7,9,11-15H,2-4,8,10H2,1H3,(H,30,31)(H,32,34). The number of aromatic nitrogens is 9. The molecule has 0 saturated heterocycles. The Morgan fingerprint density at radius 2 is 1.97 bits per heavy atom. The van der Waals surface area contributed by atoms with Crippen molar-refractivity contribution >= 4 is 33.5 Å². The smallest absolute Gasteiger partial charge is 0.159 e.